The van der Waals surface area contributed by atoms with Crippen LogP contribution < -0.4 is 21.3 Å². The first kappa shape index (κ1) is 24.2. The minimum absolute atomic E-state index is 0.139. The molecule has 1 aliphatic rings. The number of hydrogen-bond donors (Lipinski definition) is 3. The molecule has 4 N–H and O–H groups in total. The zero-order valence-electron chi connectivity index (χ0n) is 20.5. The van der Waals surface area contributed by atoms with Crippen molar-refractivity contribution in [3.05, 3.63) is 89.7 Å². The number of nitrogens with two attached hydrogens (primary N) is 1. The van der Waals surface area contributed by atoms with Crippen molar-refractivity contribution in [1.82, 2.24) is 9.97 Å². The van der Waals surface area contributed by atoms with Crippen molar-refractivity contribution < 1.29 is 14.3 Å². The summed E-state index contributed by atoms with van der Waals surface area (Å²) in [5.74, 6) is -0.120. The van der Waals surface area contributed by atoms with Crippen molar-refractivity contribution in [2.75, 3.05) is 41.8 Å². The third kappa shape index (κ3) is 5.36. The van der Waals surface area contributed by atoms with Crippen molar-refractivity contribution in [3.63, 3.8) is 0 Å². The van der Waals surface area contributed by atoms with E-state index in [1.54, 1.807) is 12.1 Å². The number of benzene rings is 3. The average molecular weight is 497 g/mol. The lowest BCUT2D eigenvalue weighted by Gasteiger charge is -2.28. The number of primary amides is 1. The average Bonchev–Trinajstić information content (AvgIpc) is 2.93. The topological polar surface area (TPSA) is 122 Å². The van der Waals surface area contributed by atoms with Crippen LogP contribution in [0.25, 0.3) is 10.9 Å². The molecule has 1 aliphatic heterocycles. The lowest BCUT2D eigenvalue weighted by Crippen LogP contribution is -2.36. The Bertz CT molecular complexity index is 1430. The highest BCUT2D eigenvalue weighted by atomic mass is 16.5. The van der Waals surface area contributed by atoms with Gasteiger partial charge in [-0.2, -0.15) is 0 Å². The van der Waals surface area contributed by atoms with E-state index in [-0.39, 0.29) is 11.9 Å². The van der Waals surface area contributed by atoms with Gasteiger partial charge in [0.05, 0.1) is 30.3 Å². The van der Waals surface area contributed by atoms with Gasteiger partial charge in [-0.05, 0) is 61.0 Å². The highest BCUT2D eigenvalue weighted by Gasteiger charge is 2.15. The van der Waals surface area contributed by atoms with Crippen LogP contribution >= 0.6 is 0 Å². The molecule has 0 radical (unpaired) electrons. The first-order valence-electron chi connectivity index (χ1n) is 12.1. The maximum atomic E-state index is 12.9. The van der Waals surface area contributed by atoms with Crippen molar-refractivity contribution in [3.8, 4) is 0 Å². The van der Waals surface area contributed by atoms with E-state index in [2.05, 4.69) is 25.5 Å². The molecule has 3 aromatic carbocycles. The molecular formula is C28H28N6O3. The number of amides is 2. The van der Waals surface area contributed by atoms with Gasteiger partial charge in [-0.15, -0.1) is 0 Å². The summed E-state index contributed by atoms with van der Waals surface area (Å²) in [6.07, 6.45) is 1.41. The van der Waals surface area contributed by atoms with Gasteiger partial charge in [-0.3, -0.25) is 9.59 Å². The van der Waals surface area contributed by atoms with Crippen LogP contribution in [0.1, 0.15) is 39.2 Å². The number of rotatable bonds is 7. The Morgan fingerprint density at radius 2 is 1.76 bits per heavy atom. The molecule has 0 bridgehead atoms. The van der Waals surface area contributed by atoms with Crippen LogP contribution in [0.5, 0.6) is 0 Å². The van der Waals surface area contributed by atoms with Gasteiger partial charge in [0.25, 0.3) is 11.8 Å². The monoisotopic (exact) mass is 496 g/mol. The highest BCUT2D eigenvalue weighted by Crippen LogP contribution is 2.27. The van der Waals surface area contributed by atoms with Crippen molar-refractivity contribution in [1.29, 1.82) is 0 Å². The van der Waals surface area contributed by atoms with Crippen LogP contribution in [-0.2, 0) is 4.74 Å². The molecule has 1 unspecified atom stereocenters. The first-order valence-corrected chi connectivity index (χ1v) is 12.1. The molecule has 0 aliphatic carbocycles. The van der Waals surface area contributed by atoms with Gasteiger partial charge in [-0.25, -0.2) is 9.97 Å². The summed E-state index contributed by atoms with van der Waals surface area (Å²) in [5, 5.41) is 7.08. The van der Waals surface area contributed by atoms with Crippen LogP contribution in [0.3, 0.4) is 0 Å². The Balaban J connectivity index is 1.29. The number of nitrogens with zero attached hydrogens (tertiary/aromatic N) is 3. The smallest absolute Gasteiger partial charge is 0.255 e. The van der Waals surface area contributed by atoms with Gasteiger partial charge in [0.15, 0.2) is 0 Å². The molecule has 2 heterocycles. The number of carbonyl (C=O) groups excluding carboxylic acids is 2. The number of aromatic nitrogens is 2. The SMILES string of the molecule is CC(Nc1ncnc2c(C(N)=O)cccc12)c1cccc(NC(=O)c2ccc(N3CCOCC3)cc2)c1. The van der Waals surface area contributed by atoms with Crippen molar-refractivity contribution in [2.24, 2.45) is 5.73 Å². The van der Waals surface area contributed by atoms with E-state index in [0.29, 0.717) is 46.7 Å². The van der Waals surface area contributed by atoms with E-state index >= 15 is 0 Å². The normalized spacial score (nSPS) is 14.2. The zero-order valence-corrected chi connectivity index (χ0v) is 20.5. The maximum Gasteiger partial charge on any atom is 0.255 e. The Kier molecular flexibility index (Phi) is 6.96. The molecule has 1 aromatic heterocycles. The van der Waals surface area contributed by atoms with Crippen molar-refractivity contribution >= 4 is 39.9 Å². The Labute approximate surface area is 214 Å². The van der Waals surface area contributed by atoms with E-state index in [1.807, 2.05) is 61.5 Å². The van der Waals surface area contributed by atoms with Crippen molar-refractivity contribution in [2.45, 2.75) is 13.0 Å². The third-order valence-corrected chi connectivity index (χ3v) is 6.43. The number of nitrogens with one attached hydrogen (secondary N) is 2. The molecule has 9 nitrogen and oxygen atoms in total. The van der Waals surface area contributed by atoms with Crippen LogP contribution in [0.15, 0.2) is 73.1 Å². The number of carbonyl (C=O) groups is 2. The predicted molar refractivity (Wildman–Crippen MR) is 144 cm³/mol. The summed E-state index contributed by atoms with van der Waals surface area (Å²) >= 11 is 0. The largest absolute Gasteiger partial charge is 0.378 e. The molecule has 188 valence electrons. The maximum absolute atomic E-state index is 12.9. The molecule has 4 aromatic rings. The fourth-order valence-corrected chi connectivity index (χ4v) is 4.42. The standard InChI is InChI=1S/C28H28N6O3/c1-18(32-27-24-7-3-6-23(26(29)35)25(24)30-17-31-27)20-4-2-5-21(16-20)33-28(36)19-8-10-22(11-9-19)34-12-14-37-15-13-34/h2-11,16-18H,12-15H2,1H3,(H2,29,35)(H,33,36)(H,30,31,32). The highest BCUT2D eigenvalue weighted by molar-refractivity contribution is 6.07. The summed E-state index contributed by atoms with van der Waals surface area (Å²) in [6.45, 7) is 5.13. The Hall–Kier alpha value is -4.50. The summed E-state index contributed by atoms with van der Waals surface area (Å²) in [5.41, 5.74) is 9.67. The van der Waals surface area contributed by atoms with E-state index in [0.717, 1.165) is 24.3 Å². The fourth-order valence-electron chi connectivity index (χ4n) is 4.42. The molecule has 1 saturated heterocycles. The summed E-state index contributed by atoms with van der Waals surface area (Å²) in [6, 6.07) is 20.4. The number of fused-ring (bicyclic) bond motifs is 1. The van der Waals surface area contributed by atoms with Gasteiger partial charge in [-0.1, -0.05) is 18.2 Å². The summed E-state index contributed by atoms with van der Waals surface area (Å²) < 4.78 is 5.41. The zero-order chi connectivity index (χ0) is 25.8. The second-order valence-electron chi connectivity index (χ2n) is 8.88. The lowest BCUT2D eigenvalue weighted by atomic mass is 10.1. The number of para-hydroxylation sites is 1. The number of morpholine rings is 1. The first-order chi connectivity index (χ1) is 18.0. The van der Waals surface area contributed by atoms with Gasteiger partial charge >= 0.3 is 0 Å². The van der Waals surface area contributed by atoms with Gasteiger partial charge < -0.3 is 26.0 Å². The van der Waals surface area contributed by atoms with Gasteiger partial charge in [0.2, 0.25) is 0 Å². The molecule has 0 spiro atoms. The molecule has 37 heavy (non-hydrogen) atoms. The number of anilines is 3. The Morgan fingerprint density at radius 1 is 1.00 bits per heavy atom. The molecule has 1 fully saturated rings. The van der Waals surface area contributed by atoms with Gasteiger partial charge in [0, 0.05) is 35.4 Å². The molecule has 0 saturated carbocycles. The molecule has 9 heteroatoms. The van der Waals surface area contributed by atoms with Gasteiger partial charge in [0.1, 0.15) is 12.1 Å². The summed E-state index contributed by atoms with van der Waals surface area (Å²) in [4.78, 5) is 35.5. The molecule has 2 amide bonds. The summed E-state index contributed by atoms with van der Waals surface area (Å²) in [7, 11) is 0. The minimum atomic E-state index is -0.539. The van der Waals surface area contributed by atoms with E-state index in [1.165, 1.54) is 6.33 Å². The Morgan fingerprint density at radius 3 is 2.51 bits per heavy atom. The van der Waals surface area contributed by atoms with E-state index < -0.39 is 5.91 Å². The third-order valence-electron chi connectivity index (χ3n) is 6.43. The van der Waals surface area contributed by atoms with Crippen LogP contribution in [0.2, 0.25) is 0 Å². The second-order valence-corrected chi connectivity index (χ2v) is 8.88. The number of ether oxygens (including phenoxy) is 1. The molecular weight excluding hydrogens is 468 g/mol. The predicted octanol–water partition coefficient (Wildman–Crippen LogP) is 3.99. The molecule has 1 atom stereocenters. The number of hydrogen-bond acceptors (Lipinski definition) is 7. The van der Waals surface area contributed by atoms with Crippen LogP contribution in [0.4, 0.5) is 17.2 Å². The fraction of sp³-hybridized carbons (Fsp3) is 0.214. The minimum Gasteiger partial charge on any atom is -0.378 e. The lowest BCUT2D eigenvalue weighted by molar-refractivity contribution is 0.0998. The van der Waals surface area contributed by atoms with Crippen LogP contribution in [0, 0.1) is 0 Å². The molecule has 5 rings (SSSR count). The van der Waals surface area contributed by atoms with Crippen LogP contribution in [-0.4, -0.2) is 48.1 Å². The quantitative estimate of drug-likeness (QED) is 0.354. The van der Waals surface area contributed by atoms with E-state index in [9.17, 15) is 9.59 Å². The second kappa shape index (κ2) is 10.6. The van der Waals surface area contributed by atoms with E-state index in [4.69, 9.17) is 10.5 Å².